The van der Waals surface area contributed by atoms with Crippen molar-refractivity contribution in [2.75, 3.05) is 5.32 Å². The first-order valence-corrected chi connectivity index (χ1v) is 8.94. The van der Waals surface area contributed by atoms with E-state index in [0.717, 1.165) is 21.4 Å². The van der Waals surface area contributed by atoms with Crippen molar-refractivity contribution in [2.24, 2.45) is 0 Å². The van der Waals surface area contributed by atoms with Gasteiger partial charge in [0.25, 0.3) is 5.91 Å². The Morgan fingerprint density at radius 3 is 2.36 bits per heavy atom. The quantitative estimate of drug-likeness (QED) is 0.394. The van der Waals surface area contributed by atoms with Crippen LogP contribution in [0.25, 0.3) is 28.5 Å². The summed E-state index contributed by atoms with van der Waals surface area (Å²) < 4.78 is 1.08. The average molecular weight is 369 g/mol. The summed E-state index contributed by atoms with van der Waals surface area (Å²) in [5, 5.41) is 13.2. The zero-order valence-corrected chi connectivity index (χ0v) is 15.3. The average Bonchev–Trinajstić information content (AvgIpc) is 3.06. The Hall–Kier alpha value is -3.86. The van der Waals surface area contributed by atoms with Crippen LogP contribution >= 0.6 is 0 Å². The lowest BCUT2D eigenvalue weighted by molar-refractivity contribution is -0.112. The molecule has 0 unspecified atom stereocenters. The van der Waals surface area contributed by atoms with Crippen molar-refractivity contribution in [3.8, 4) is 11.4 Å². The van der Waals surface area contributed by atoms with Crippen LogP contribution in [-0.2, 0) is 4.79 Å². The topological polar surface area (TPSA) is 67.2 Å². The number of rotatable bonds is 4. The van der Waals surface area contributed by atoms with Gasteiger partial charge in [0.2, 0.25) is 0 Å². The van der Waals surface area contributed by atoms with Crippen molar-refractivity contribution in [2.45, 2.75) is 6.92 Å². The number of hydrogen-bond acceptors (Lipinski definition) is 3. The molecular weight excluding hydrogens is 350 g/mol. The van der Waals surface area contributed by atoms with Crippen LogP contribution in [-0.4, -0.2) is 20.8 Å². The second-order valence-electron chi connectivity index (χ2n) is 6.51. The molecule has 5 nitrogen and oxygen atoms in total. The number of carbonyl (C=O) groups excluding carboxylic acids is 1. The summed E-state index contributed by atoms with van der Waals surface area (Å²) in [5.41, 5.74) is 4.40. The summed E-state index contributed by atoms with van der Waals surface area (Å²) in [5.74, 6) is 0.297. The molecule has 1 heterocycles. The van der Waals surface area contributed by atoms with Crippen LogP contribution in [0.3, 0.4) is 0 Å². The van der Waals surface area contributed by atoms with Crippen molar-refractivity contribution in [3.05, 3.63) is 90.0 Å². The SMILES string of the molecule is C/C(=C\c1ccccc1)C(=O)Nc1ccc(-c2nc3ccccc3n2O)cc1. The molecule has 2 N–H and O–H groups in total. The van der Waals surface area contributed by atoms with Crippen LogP contribution in [0.5, 0.6) is 0 Å². The molecule has 4 aromatic rings. The number of hydrogen-bond donors (Lipinski definition) is 2. The lowest BCUT2D eigenvalue weighted by Crippen LogP contribution is -2.12. The molecule has 0 saturated carbocycles. The Kier molecular flexibility index (Phi) is 4.64. The lowest BCUT2D eigenvalue weighted by atomic mass is 10.1. The first kappa shape index (κ1) is 17.5. The number of anilines is 1. The highest BCUT2D eigenvalue weighted by molar-refractivity contribution is 6.06. The van der Waals surface area contributed by atoms with E-state index in [4.69, 9.17) is 0 Å². The molecule has 0 atom stereocenters. The second-order valence-corrected chi connectivity index (χ2v) is 6.51. The highest BCUT2D eigenvalue weighted by Gasteiger charge is 2.12. The Morgan fingerprint density at radius 1 is 0.964 bits per heavy atom. The van der Waals surface area contributed by atoms with E-state index in [1.807, 2.05) is 72.8 Å². The predicted octanol–water partition coefficient (Wildman–Crippen LogP) is 4.98. The Labute approximate surface area is 162 Å². The third-order valence-electron chi connectivity index (χ3n) is 4.48. The van der Waals surface area contributed by atoms with Gasteiger partial charge >= 0.3 is 0 Å². The van der Waals surface area contributed by atoms with E-state index < -0.39 is 0 Å². The minimum atomic E-state index is -0.161. The number of benzene rings is 3. The Morgan fingerprint density at radius 2 is 1.64 bits per heavy atom. The van der Waals surface area contributed by atoms with Crippen LogP contribution in [0.4, 0.5) is 5.69 Å². The normalized spacial score (nSPS) is 11.5. The molecular formula is C23H19N3O2. The van der Waals surface area contributed by atoms with Crippen molar-refractivity contribution in [1.29, 1.82) is 0 Å². The van der Waals surface area contributed by atoms with Gasteiger partial charge in [-0.25, -0.2) is 4.98 Å². The molecule has 0 aliphatic carbocycles. The van der Waals surface area contributed by atoms with Crippen molar-refractivity contribution >= 4 is 28.7 Å². The van der Waals surface area contributed by atoms with Crippen LogP contribution in [0, 0.1) is 0 Å². The number of carbonyl (C=O) groups is 1. The van der Waals surface area contributed by atoms with E-state index in [-0.39, 0.29) is 5.91 Å². The number of fused-ring (bicyclic) bond motifs is 1. The van der Waals surface area contributed by atoms with Gasteiger partial charge in [0, 0.05) is 16.8 Å². The fraction of sp³-hybridized carbons (Fsp3) is 0.0435. The van der Waals surface area contributed by atoms with E-state index in [1.165, 1.54) is 0 Å². The zero-order valence-electron chi connectivity index (χ0n) is 15.3. The number of nitrogens with one attached hydrogen (secondary N) is 1. The van der Waals surface area contributed by atoms with Crippen molar-refractivity contribution < 1.29 is 10.0 Å². The van der Waals surface area contributed by atoms with Crippen LogP contribution in [0.1, 0.15) is 12.5 Å². The molecule has 0 spiro atoms. The van der Waals surface area contributed by atoms with E-state index in [1.54, 1.807) is 19.1 Å². The molecule has 0 fully saturated rings. The van der Waals surface area contributed by atoms with Gasteiger partial charge in [0.15, 0.2) is 5.82 Å². The standard InChI is InChI=1S/C23H19N3O2/c1-16(15-17-7-3-2-4-8-17)23(27)24-19-13-11-18(12-14-19)22-25-20-9-5-6-10-21(20)26(22)28/h2-15,28H,1H3,(H,24,27)/b16-15+. The van der Waals surface area contributed by atoms with Crippen molar-refractivity contribution in [1.82, 2.24) is 9.71 Å². The molecule has 0 bridgehead atoms. The summed E-state index contributed by atoms with van der Waals surface area (Å²) in [6.07, 6.45) is 1.85. The molecule has 4 rings (SSSR count). The van der Waals surface area contributed by atoms with E-state index in [9.17, 15) is 10.0 Å². The maximum atomic E-state index is 12.4. The maximum Gasteiger partial charge on any atom is 0.251 e. The summed E-state index contributed by atoms with van der Waals surface area (Å²) in [7, 11) is 0. The van der Waals surface area contributed by atoms with Crippen molar-refractivity contribution in [3.63, 3.8) is 0 Å². The lowest BCUT2D eigenvalue weighted by Gasteiger charge is -2.07. The molecule has 28 heavy (non-hydrogen) atoms. The molecule has 0 saturated heterocycles. The summed E-state index contributed by atoms with van der Waals surface area (Å²) >= 11 is 0. The van der Waals surface area contributed by atoms with Crippen LogP contribution in [0.2, 0.25) is 0 Å². The summed E-state index contributed by atoms with van der Waals surface area (Å²) in [4.78, 5) is 16.9. The molecule has 0 aliphatic rings. The van der Waals surface area contributed by atoms with Gasteiger partial charge in [-0.1, -0.05) is 42.5 Å². The molecule has 1 amide bonds. The maximum absolute atomic E-state index is 12.4. The summed E-state index contributed by atoms with van der Waals surface area (Å²) in [6.45, 7) is 1.78. The fourth-order valence-electron chi connectivity index (χ4n) is 3.00. The minimum absolute atomic E-state index is 0.161. The summed E-state index contributed by atoms with van der Waals surface area (Å²) in [6, 6.07) is 24.3. The highest BCUT2D eigenvalue weighted by Crippen LogP contribution is 2.24. The number of imidazole rings is 1. The van der Waals surface area contributed by atoms with Gasteiger partial charge in [-0.05, 0) is 55.0 Å². The molecule has 0 aliphatic heterocycles. The van der Waals surface area contributed by atoms with Gasteiger partial charge < -0.3 is 10.5 Å². The first-order valence-electron chi connectivity index (χ1n) is 8.94. The molecule has 1 aromatic heterocycles. The predicted molar refractivity (Wildman–Crippen MR) is 111 cm³/mol. The van der Waals surface area contributed by atoms with Crippen LogP contribution < -0.4 is 5.32 Å². The second kappa shape index (κ2) is 7.40. The molecule has 138 valence electrons. The van der Waals surface area contributed by atoms with Gasteiger partial charge in [-0.2, -0.15) is 4.73 Å². The smallest absolute Gasteiger partial charge is 0.251 e. The van der Waals surface area contributed by atoms with Gasteiger partial charge in [-0.3, -0.25) is 4.79 Å². The van der Waals surface area contributed by atoms with E-state index >= 15 is 0 Å². The molecule has 0 radical (unpaired) electrons. The van der Waals surface area contributed by atoms with Gasteiger partial charge in [0.05, 0.1) is 5.52 Å². The minimum Gasteiger partial charge on any atom is -0.426 e. The highest BCUT2D eigenvalue weighted by atomic mass is 16.5. The number of para-hydroxylation sites is 2. The number of amides is 1. The Bertz CT molecular complexity index is 1160. The zero-order chi connectivity index (χ0) is 19.5. The van der Waals surface area contributed by atoms with Gasteiger partial charge in [0.1, 0.15) is 5.52 Å². The largest absolute Gasteiger partial charge is 0.426 e. The third kappa shape index (κ3) is 3.50. The molecule has 5 heteroatoms. The molecule has 3 aromatic carbocycles. The van der Waals surface area contributed by atoms with Gasteiger partial charge in [-0.15, -0.1) is 0 Å². The Balaban J connectivity index is 1.52. The number of aromatic nitrogens is 2. The monoisotopic (exact) mass is 369 g/mol. The fourth-order valence-corrected chi connectivity index (χ4v) is 3.00. The van der Waals surface area contributed by atoms with Crippen LogP contribution in [0.15, 0.2) is 84.4 Å². The van der Waals surface area contributed by atoms with E-state index in [0.29, 0.717) is 22.6 Å². The first-order chi connectivity index (χ1) is 13.6. The third-order valence-corrected chi connectivity index (χ3v) is 4.48. The van der Waals surface area contributed by atoms with E-state index in [2.05, 4.69) is 10.3 Å². The number of nitrogens with zero attached hydrogens (tertiary/aromatic N) is 2.